The first-order valence-corrected chi connectivity index (χ1v) is 4.42. The molecule has 0 atom stereocenters. The number of amides is 1. The summed E-state index contributed by atoms with van der Waals surface area (Å²) in [6.07, 6.45) is -3.13. The Labute approximate surface area is 94.5 Å². The molecule has 1 heterocycles. The number of ether oxygens (including phenoxy) is 1. The highest BCUT2D eigenvalue weighted by atomic mass is 19.4. The maximum atomic E-state index is 11.7. The molecule has 1 aromatic rings. The molecule has 1 rings (SSSR count). The smallest absolute Gasteiger partial charge is 0.414 e. The molecule has 0 bridgehead atoms. The first-order valence-electron chi connectivity index (χ1n) is 4.42. The molecule has 0 aliphatic carbocycles. The molecule has 0 radical (unpaired) electrons. The minimum absolute atomic E-state index is 0.000564. The van der Waals surface area contributed by atoms with Crippen LogP contribution in [0.4, 0.5) is 13.2 Å². The number of halogens is 3. The lowest BCUT2D eigenvalue weighted by atomic mass is 10.2. The molecule has 17 heavy (non-hydrogen) atoms. The van der Waals surface area contributed by atoms with Gasteiger partial charge in [-0.15, -0.1) is 0 Å². The molecular weight excluding hydrogens is 241 g/mol. The van der Waals surface area contributed by atoms with Crippen molar-refractivity contribution >= 4 is 5.91 Å². The van der Waals surface area contributed by atoms with Gasteiger partial charge in [0.05, 0.1) is 7.11 Å². The number of alkyl halides is 3. The number of pyridine rings is 1. The fourth-order valence-corrected chi connectivity index (χ4v) is 0.965. The maximum absolute atomic E-state index is 11.7. The van der Waals surface area contributed by atoms with Crippen LogP contribution in [0.1, 0.15) is 10.4 Å². The molecule has 5 nitrogen and oxygen atoms in total. The quantitative estimate of drug-likeness (QED) is 0.818. The third kappa shape index (κ3) is 4.27. The van der Waals surface area contributed by atoms with E-state index in [9.17, 15) is 18.0 Å². The summed E-state index contributed by atoms with van der Waals surface area (Å²) < 4.78 is 40.0. The van der Waals surface area contributed by atoms with Gasteiger partial charge < -0.3 is 4.74 Å². The van der Waals surface area contributed by atoms with E-state index in [-0.39, 0.29) is 11.4 Å². The van der Waals surface area contributed by atoms with Gasteiger partial charge in [0.2, 0.25) is 5.88 Å². The zero-order valence-electron chi connectivity index (χ0n) is 8.75. The average Bonchev–Trinajstić information content (AvgIpc) is 2.27. The van der Waals surface area contributed by atoms with E-state index >= 15 is 0 Å². The summed E-state index contributed by atoms with van der Waals surface area (Å²) >= 11 is 0. The van der Waals surface area contributed by atoms with Crippen molar-refractivity contribution in [3.8, 4) is 5.88 Å². The Morgan fingerprint density at radius 1 is 1.53 bits per heavy atom. The van der Waals surface area contributed by atoms with Crippen molar-refractivity contribution in [2.45, 2.75) is 6.18 Å². The Morgan fingerprint density at radius 2 is 2.24 bits per heavy atom. The second-order valence-electron chi connectivity index (χ2n) is 2.90. The molecular formula is C9H9F3N2O3. The van der Waals surface area contributed by atoms with Crippen LogP contribution in [0.25, 0.3) is 0 Å². The Hall–Kier alpha value is -1.83. The molecule has 1 N–H and O–H groups in total. The van der Waals surface area contributed by atoms with Crippen LogP contribution in [0.15, 0.2) is 18.3 Å². The predicted molar refractivity (Wildman–Crippen MR) is 50.3 cm³/mol. The van der Waals surface area contributed by atoms with Gasteiger partial charge in [0.1, 0.15) is 5.56 Å². The molecule has 0 aliphatic rings. The van der Waals surface area contributed by atoms with Crippen LogP contribution in [-0.2, 0) is 4.84 Å². The van der Waals surface area contributed by atoms with E-state index < -0.39 is 18.7 Å². The minimum Gasteiger partial charge on any atom is -0.480 e. The van der Waals surface area contributed by atoms with Gasteiger partial charge in [0, 0.05) is 6.20 Å². The fraction of sp³-hybridized carbons (Fsp3) is 0.333. The lowest BCUT2D eigenvalue weighted by Crippen LogP contribution is -2.29. The average molecular weight is 250 g/mol. The van der Waals surface area contributed by atoms with E-state index in [0.717, 1.165) is 0 Å². The number of nitrogens with one attached hydrogen (secondary N) is 1. The molecule has 94 valence electrons. The SMILES string of the molecule is COc1ncccc1C(=O)NOCC(F)(F)F. The zero-order valence-corrected chi connectivity index (χ0v) is 8.75. The monoisotopic (exact) mass is 250 g/mol. The van der Waals surface area contributed by atoms with Crippen molar-refractivity contribution in [2.24, 2.45) is 0 Å². The third-order valence-electron chi connectivity index (χ3n) is 1.61. The van der Waals surface area contributed by atoms with Gasteiger partial charge in [-0.1, -0.05) is 0 Å². The van der Waals surface area contributed by atoms with Gasteiger partial charge in [-0.3, -0.25) is 9.63 Å². The molecule has 0 aromatic carbocycles. The largest absolute Gasteiger partial charge is 0.480 e. The summed E-state index contributed by atoms with van der Waals surface area (Å²) in [4.78, 5) is 19.1. The van der Waals surface area contributed by atoms with Gasteiger partial charge >= 0.3 is 6.18 Å². The van der Waals surface area contributed by atoms with E-state index in [2.05, 4.69) is 9.82 Å². The molecule has 0 unspecified atom stereocenters. The van der Waals surface area contributed by atoms with Gasteiger partial charge in [-0.2, -0.15) is 13.2 Å². The molecule has 0 saturated heterocycles. The van der Waals surface area contributed by atoms with E-state index in [1.165, 1.54) is 25.4 Å². The van der Waals surface area contributed by atoms with Crippen molar-refractivity contribution in [1.82, 2.24) is 10.5 Å². The van der Waals surface area contributed by atoms with Crippen LogP contribution in [0, 0.1) is 0 Å². The van der Waals surface area contributed by atoms with Gasteiger partial charge in [-0.05, 0) is 12.1 Å². The first-order chi connectivity index (χ1) is 7.94. The number of hydrogen-bond acceptors (Lipinski definition) is 4. The number of carbonyl (C=O) groups excluding carboxylic acids is 1. The highest BCUT2D eigenvalue weighted by molar-refractivity contribution is 5.95. The summed E-state index contributed by atoms with van der Waals surface area (Å²) in [6, 6.07) is 2.79. The van der Waals surface area contributed by atoms with Crippen molar-refractivity contribution in [3.63, 3.8) is 0 Å². The first kappa shape index (κ1) is 13.2. The van der Waals surface area contributed by atoms with Crippen LogP contribution in [-0.4, -0.2) is 30.8 Å². The van der Waals surface area contributed by atoms with Crippen LogP contribution >= 0.6 is 0 Å². The Morgan fingerprint density at radius 3 is 2.82 bits per heavy atom. The van der Waals surface area contributed by atoms with Crippen molar-refractivity contribution < 1.29 is 27.5 Å². The Bertz CT molecular complexity index is 395. The number of methoxy groups -OCH3 is 1. The second-order valence-corrected chi connectivity index (χ2v) is 2.90. The normalized spacial score (nSPS) is 11.1. The standard InChI is InChI=1S/C9H9F3N2O3/c1-16-8-6(3-2-4-13-8)7(15)14-17-5-9(10,11)12/h2-4H,5H2,1H3,(H,14,15). The van der Waals surface area contributed by atoms with E-state index in [1.54, 1.807) is 5.48 Å². The van der Waals surface area contributed by atoms with Crippen LogP contribution in [0.5, 0.6) is 5.88 Å². The molecule has 0 spiro atoms. The highest BCUT2D eigenvalue weighted by Gasteiger charge is 2.28. The number of aromatic nitrogens is 1. The lowest BCUT2D eigenvalue weighted by Gasteiger charge is -2.09. The van der Waals surface area contributed by atoms with E-state index in [1.807, 2.05) is 0 Å². The Balaban J connectivity index is 2.58. The van der Waals surface area contributed by atoms with Crippen molar-refractivity contribution in [2.75, 3.05) is 13.7 Å². The lowest BCUT2D eigenvalue weighted by molar-refractivity contribution is -0.184. The van der Waals surface area contributed by atoms with Crippen LogP contribution in [0.2, 0.25) is 0 Å². The van der Waals surface area contributed by atoms with Gasteiger partial charge in [0.25, 0.3) is 5.91 Å². The summed E-state index contributed by atoms with van der Waals surface area (Å²) in [5.41, 5.74) is 1.63. The topological polar surface area (TPSA) is 60.5 Å². The number of hydrogen-bond donors (Lipinski definition) is 1. The third-order valence-corrected chi connectivity index (χ3v) is 1.61. The molecule has 0 fully saturated rings. The highest BCUT2D eigenvalue weighted by Crippen LogP contribution is 2.15. The molecule has 0 saturated carbocycles. The summed E-state index contributed by atoms with van der Waals surface area (Å²) in [7, 11) is 1.29. The van der Waals surface area contributed by atoms with Crippen LogP contribution < -0.4 is 10.2 Å². The number of carbonyl (C=O) groups is 1. The van der Waals surface area contributed by atoms with E-state index in [0.29, 0.717) is 0 Å². The molecule has 8 heteroatoms. The maximum Gasteiger partial charge on any atom is 0.414 e. The summed E-state index contributed by atoms with van der Waals surface area (Å²) in [6.45, 7) is -1.57. The van der Waals surface area contributed by atoms with E-state index in [4.69, 9.17) is 4.74 Å². The number of rotatable bonds is 4. The van der Waals surface area contributed by atoms with Crippen molar-refractivity contribution in [1.29, 1.82) is 0 Å². The van der Waals surface area contributed by atoms with Crippen molar-refractivity contribution in [3.05, 3.63) is 23.9 Å². The van der Waals surface area contributed by atoms with Gasteiger partial charge in [-0.25, -0.2) is 10.5 Å². The predicted octanol–water partition coefficient (Wildman–Crippen LogP) is 1.31. The Kier molecular flexibility index (Phi) is 4.27. The summed E-state index contributed by atoms with van der Waals surface area (Å²) in [5.74, 6) is -0.861. The van der Waals surface area contributed by atoms with Crippen LogP contribution in [0.3, 0.4) is 0 Å². The molecule has 1 aromatic heterocycles. The fourth-order valence-electron chi connectivity index (χ4n) is 0.965. The summed E-state index contributed by atoms with van der Waals surface area (Å²) in [5, 5.41) is 0. The number of nitrogens with zero attached hydrogens (tertiary/aromatic N) is 1. The minimum atomic E-state index is -4.51. The van der Waals surface area contributed by atoms with Gasteiger partial charge in [0.15, 0.2) is 6.61 Å². The zero-order chi connectivity index (χ0) is 12.9. The molecule has 0 aliphatic heterocycles. The number of hydroxylamine groups is 1. The second kappa shape index (κ2) is 5.48. The molecule has 1 amide bonds.